The van der Waals surface area contributed by atoms with Gasteiger partial charge in [-0.3, -0.25) is 0 Å². The first-order chi connectivity index (χ1) is 7.74. The van der Waals surface area contributed by atoms with Gasteiger partial charge in [-0.15, -0.1) is 0 Å². The van der Waals surface area contributed by atoms with E-state index in [1.54, 1.807) is 13.0 Å². The molecule has 4 N–H and O–H groups in total. The minimum Gasteiger partial charge on any atom is -0.398 e. The van der Waals surface area contributed by atoms with Gasteiger partial charge < -0.3 is 10.8 Å². The van der Waals surface area contributed by atoms with Crippen LogP contribution in [0.1, 0.15) is 12.5 Å². The summed E-state index contributed by atoms with van der Waals surface area (Å²) in [6, 6.07) is 3.04. The third kappa shape index (κ3) is 3.67. The molecule has 0 fully saturated rings. The summed E-state index contributed by atoms with van der Waals surface area (Å²) in [5.74, 6) is 0. The predicted octanol–water partition coefficient (Wildman–Crippen LogP) is 0.999. The molecule has 0 aromatic heterocycles. The van der Waals surface area contributed by atoms with Gasteiger partial charge in [-0.25, -0.2) is 13.1 Å². The van der Waals surface area contributed by atoms with E-state index in [0.717, 1.165) is 0 Å². The average Bonchev–Trinajstić information content (AvgIpc) is 2.20. The lowest BCUT2D eigenvalue weighted by Crippen LogP contribution is -2.31. The number of sulfonamides is 1. The van der Waals surface area contributed by atoms with Crippen LogP contribution in [0, 0.1) is 6.92 Å². The van der Waals surface area contributed by atoms with E-state index in [9.17, 15) is 8.42 Å². The van der Waals surface area contributed by atoms with Gasteiger partial charge in [0.1, 0.15) is 0 Å². The molecule has 1 rings (SSSR count). The lowest BCUT2D eigenvalue weighted by Gasteiger charge is -2.12. The Balaban J connectivity index is 3.11. The predicted molar refractivity (Wildman–Crippen MR) is 70.2 cm³/mol. The van der Waals surface area contributed by atoms with E-state index in [0.29, 0.717) is 15.7 Å². The zero-order chi connectivity index (χ0) is 13.2. The van der Waals surface area contributed by atoms with E-state index in [1.165, 1.54) is 13.0 Å². The maximum absolute atomic E-state index is 11.9. The van der Waals surface area contributed by atoms with Crippen molar-refractivity contribution in [3.8, 4) is 0 Å². The van der Waals surface area contributed by atoms with Crippen molar-refractivity contribution in [3.05, 3.63) is 22.2 Å². The summed E-state index contributed by atoms with van der Waals surface area (Å²) in [6.07, 6.45) is -0.738. The zero-order valence-corrected chi connectivity index (χ0v) is 12.0. The van der Waals surface area contributed by atoms with Gasteiger partial charge >= 0.3 is 0 Å². The Morgan fingerprint density at radius 1 is 1.53 bits per heavy atom. The van der Waals surface area contributed by atoms with Gasteiger partial charge in [0.2, 0.25) is 10.0 Å². The van der Waals surface area contributed by atoms with Gasteiger partial charge in [-0.2, -0.15) is 0 Å². The van der Waals surface area contributed by atoms with E-state index in [-0.39, 0.29) is 11.4 Å². The largest absolute Gasteiger partial charge is 0.398 e. The zero-order valence-electron chi connectivity index (χ0n) is 9.57. The molecule has 0 bridgehead atoms. The van der Waals surface area contributed by atoms with Crippen LogP contribution in [-0.2, 0) is 10.0 Å². The van der Waals surface area contributed by atoms with E-state index < -0.39 is 16.1 Å². The van der Waals surface area contributed by atoms with Crippen molar-refractivity contribution < 1.29 is 13.5 Å². The SMILES string of the molecule is Cc1cc(Br)c(N)cc1S(=O)(=O)NC[C@@H](C)O. The maximum Gasteiger partial charge on any atom is 0.240 e. The van der Waals surface area contributed by atoms with Crippen LogP contribution in [0.4, 0.5) is 5.69 Å². The second-order valence-electron chi connectivity index (χ2n) is 3.84. The number of benzene rings is 1. The first-order valence-electron chi connectivity index (χ1n) is 4.97. The summed E-state index contributed by atoms with van der Waals surface area (Å²) in [4.78, 5) is 0.124. The Morgan fingerprint density at radius 2 is 2.12 bits per heavy atom. The number of nitrogen functional groups attached to an aromatic ring is 1. The van der Waals surface area contributed by atoms with Crippen molar-refractivity contribution in [3.63, 3.8) is 0 Å². The Morgan fingerprint density at radius 3 is 2.65 bits per heavy atom. The Bertz CT molecular complexity index is 515. The van der Waals surface area contributed by atoms with Crippen LogP contribution in [0.5, 0.6) is 0 Å². The standard InChI is InChI=1S/C10H15BrN2O3S/c1-6-3-8(11)9(12)4-10(6)17(15,16)13-5-7(2)14/h3-4,7,13-14H,5,12H2,1-2H3/t7-/m1/s1. The highest BCUT2D eigenvalue weighted by molar-refractivity contribution is 9.10. The summed E-state index contributed by atoms with van der Waals surface area (Å²) in [7, 11) is -3.64. The monoisotopic (exact) mass is 322 g/mol. The molecule has 1 aromatic carbocycles. The number of anilines is 1. The fourth-order valence-corrected chi connectivity index (χ4v) is 3.11. The maximum atomic E-state index is 11.9. The Labute approximate surface area is 109 Å². The van der Waals surface area contributed by atoms with Gasteiger partial charge in [-0.05, 0) is 47.5 Å². The molecule has 0 aliphatic heterocycles. The summed E-state index contributed by atoms with van der Waals surface area (Å²) in [5.41, 5.74) is 6.60. The number of hydrogen-bond acceptors (Lipinski definition) is 4. The van der Waals surface area contributed by atoms with Crippen molar-refractivity contribution in [1.29, 1.82) is 0 Å². The molecule has 0 spiro atoms. The molecule has 0 aliphatic rings. The molecule has 1 aromatic rings. The number of hydrogen-bond donors (Lipinski definition) is 3. The summed E-state index contributed by atoms with van der Waals surface area (Å²) >= 11 is 3.23. The van der Waals surface area contributed by atoms with Crippen LogP contribution < -0.4 is 10.5 Å². The van der Waals surface area contributed by atoms with E-state index in [2.05, 4.69) is 20.7 Å². The molecule has 0 saturated heterocycles. The van der Waals surface area contributed by atoms with E-state index in [4.69, 9.17) is 10.8 Å². The number of nitrogens with two attached hydrogens (primary N) is 1. The summed E-state index contributed by atoms with van der Waals surface area (Å²) < 4.78 is 26.8. The normalized spacial score (nSPS) is 13.6. The molecule has 17 heavy (non-hydrogen) atoms. The molecule has 0 aliphatic carbocycles. The van der Waals surface area contributed by atoms with Crippen molar-refractivity contribution in [1.82, 2.24) is 4.72 Å². The van der Waals surface area contributed by atoms with Crippen molar-refractivity contribution >= 4 is 31.6 Å². The number of aliphatic hydroxyl groups is 1. The molecule has 1 atom stereocenters. The summed E-state index contributed by atoms with van der Waals surface area (Å²) in [6.45, 7) is 3.16. The molecule has 0 unspecified atom stereocenters. The first kappa shape index (κ1) is 14.4. The third-order valence-electron chi connectivity index (χ3n) is 2.15. The molecular formula is C10H15BrN2O3S. The van der Waals surface area contributed by atoms with Crippen molar-refractivity contribution in [2.75, 3.05) is 12.3 Å². The van der Waals surface area contributed by atoms with Crippen LogP contribution in [-0.4, -0.2) is 26.2 Å². The van der Waals surface area contributed by atoms with E-state index in [1.807, 2.05) is 0 Å². The molecule has 0 amide bonds. The molecular weight excluding hydrogens is 308 g/mol. The van der Waals surface area contributed by atoms with Gasteiger partial charge in [0, 0.05) is 16.7 Å². The van der Waals surface area contributed by atoms with Gasteiger partial charge in [0.05, 0.1) is 11.0 Å². The van der Waals surface area contributed by atoms with Crippen LogP contribution in [0.15, 0.2) is 21.5 Å². The van der Waals surface area contributed by atoms with Crippen LogP contribution in [0.3, 0.4) is 0 Å². The second-order valence-corrected chi connectivity index (χ2v) is 6.43. The van der Waals surface area contributed by atoms with Crippen molar-refractivity contribution in [2.24, 2.45) is 0 Å². The lowest BCUT2D eigenvalue weighted by molar-refractivity contribution is 0.198. The lowest BCUT2D eigenvalue weighted by atomic mass is 10.2. The Kier molecular flexibility index (Phi) is 4.54. The smallest absolute Gasteiger partial charge is 0.240 e. The molecule has 0 heterocycles. The highest BCUT2D eigenvalue weighted by Crippen LogP contribution is 2.26. The molecule has 0 saturated carbocycles. The Hall–Kier alpha value is -0.630. The number of aryl methyl sites for hydroxylation is 1. The van der Waals surface area contributed by atoms with Gasteiger partial charge in [0.25, 0.3) is 0 Å². The summed E-state index contributed by atoms with van der Waals surface area (Å²) in [5, 5.41) is 9.07. The van der Waals surface area contributed by atoms with Gasteiger partial charge in [0.15, 0.2) is 0 Å². The minimum absolute atomic E-state index is 0.0300. The minimum atomic E-state index is -3.64. The number of aliphatic hydroxyl groups excluding tert-OH is 1. The third-order valence-corrected chi connectivity index (χ3v) is 4.40. The average molecular weight is 323 g/mol. The molecule has 7 heteroatoms. The quantitative estimate of drug-likeness (QED) is 0.721. The number of rotatable bonds is 4. The highest BCUT2D eigenvalue weighted by Gasteiger charge is 2.18. The number of nitrogens with one attached hydrogen (secondary N) is 1. The fourth-order valence-electron chi connectivity index (χ4n) is 1.27. The first-order valence-corrected chi connectivity index (χ1v) is 7.25. The van der Waals surface area contributed by atoms with Gasteiger partial charge in [-0.1, -0.05) is 0 Å². The molecule has 96 valence electrons. The molecule has 0 radical (unpaired) electrons. The molecule has 5 nitrogen and oxygen atoms in total. The highest BCUT2D eigenvalue weighted by atomic mass is 79.9. The topological polar surface area (TPSA) is 92.4 Å². The second kappa shape index (κ2) is 5.34. The van der Waals surface area contributed by atoms with E-state index >= 15 is 0 Å². The van der Waals surface area contributed by atoms with Crippen LogP contribution in [0.2, 0.25) is 0 Å². The fraction of sp³-hybridized carbons (Fsp3) is 0.400. The van der Waals surface area contributed by atoms with Crippen LogP contribution >= 0.6 is 15.9 Å². The number of halogens is 1. The van der Waals surface area contributed by atoms with Crippen LogP contribution in [0.25, 0.3) is 0 Å². The van der Waals surface area contributed by atoms with Crippen molar-refractivity contribution in [2.45, 2.75) is 24.8 Å².